The van der Waals surface area contributed by atoms with Gasteiger partial charge in [-0.15, -0.1) is 0 Å². The summed E-state index contributed by atoms with van der Waals surface area (Å²) in [7, 11) is 0. The van der Waals surface area contributed by atoms with Crippen LogP contribution in [0.3, 0.4) is 0 Å². The Hall–Kier alpha value is -3.85. The van der Waals surface area contributed by atoms with E-state index in [0.717, 1.165) is 43.4 Å². The van der Waals surface area contributed by atoms with Crippen molar-refractivity contribution in [2.75, 3.05) is 12.3 Å². The van der Waals surface area contributed by atoms with Gasteiger partial charge in [0, 0.05) is 18.7 Å². The van der Waals surface area contributed by atoms with E-state index in [-0.39, 0.29) is 29.0 Å². The SMILES string of the molecule is CC(C)(NCCc1ccc(-n2c(N)c(C(=O)c3ccc(F)cc3F)ccc2=O)cc1)C(=O)OC1CCCCC1. The number of benzene rings is 2. The van der Waals surface area contributed by atoms with Crippen molar-refractivity contribution in [3.05, 3.63) is 93.3 Å². The monoisotopic (exact) mass is 537 g/mol. The van der Waals surface area contributed by atoms with Gasteiger partial charge in [0.2, 0.25) is 0 Å². The summed E-state index contributed by atoms with van der Waals surface area (Å²) in [5, 5.41) is 3.26. The number of pyridine rings is 1. The molecule has 206 valence electrons. The van der Waals surface area contributed by atoms with Crippen molar-refractivity contribution in [3.8, 4) is 5.69 Å². The number of esters is 1. The first-order valence-electron chi connectivity index (χ1n) is 13.1. The number of halogens is 2. The molecule has 0 atom stereocenters. The summed E-state index contributed by atoms with van der Waals surface area (Å²) in [6.45, 7) is 4.15. The van der Waals surface area contributed by atoms with Gasteiger partial charge in [-0.25, -0.2) is 8.78 Å². The number of carbonyl (C=O) groups is 2. The second-order valence-electron chi connectivity index (χ2n) is 10.4. The molecule has 1 heterocycles. The van der Waals surface area contributed by atoms with E-state index < -0.39 is 28.5 Å². The molecule has 0 bridgehead atoms. The average molecular weight is 538 g/mol. The lowest BCUT2D eigenvalue weighted by Gasteiger charge is -2.29. The molecule has 0 spiro atoms. The number of nitrogens with two attached hydrogens (primary N) is 1. The predicted molar refractivity (Wildman–Crippen MR) is 145 cm³/mol. The highest BCUT2D eigenvalue weighted by molar-refractivity contribution is 6.11. The van der Waals surface area contributed by atoms with E-state index in [4.69, 9.17) is 10.5 Å². The van der Waals surface area contributed by atoms with Crippen LogP contribution in [0.1, 0.15) is 67.4 Å². The van der Waals surface area contributed by atoms with Gasteiger partial charge in [-0.1, -0.05) is 18.6 Å². The van der Waals surface area contributed by atoms with Gasteiger partial charge in [-0.05, 0) is 81.8 Å². The summed E-state index contributed by atoms with van der Waals surface area (Å²) >= 11 is 0. The lowest BCUT2D eigenvalue weighted by atomic mass is 9.97. The smallest absolute Gasteiger partial charge is 0.326 e. The average Bonchev–Trinajstić information content (AvgIpc) is 2.90. The Morgan fingerprint density at radius 1 is 1.00 bits per heavy atom. The Labute approximate surface area is 226 Å². The quantitative estimate of drug-likeness (QED) is 0.303. The van der Waals surface area contributed by atoms with Crippen LogP contribution in [-0.2, 0) is 16.0 Å². The maximum atomic E-state index is 14.2. The Morgan fingerprint density at radius 2 is 1.67 bits per heavy atom. The molecule has 0 amide bonds. The van der Waals surface area contributed by atoms with Gasteiger partial charge >= 0.3 is 5.97 Å². The number of nitrogen functional groups attached to an aromatic ring is 1. The largest absolute Gasteiger partial charge is 0.461 e. The van der Waals surface area contributed by atoms with Crippen molar-refractivity contribution < 1.29 is 23.1 Å². The molecule has 1 aliphatic carbocycles. The standard InChI is InChI=1S/C30H33F2N3O4/c1-30(2,29(38)39-22-6-4-3-5-7-22)34-17-16-19-8-11-21(12-9-19)35-26(36)15-14-24(28(35)33)27(37)23-13-10-20(31)18-25(23)32/h8-15,18,22,34H,3-7,16-17,33H2,1-2H3. The van der Waals surface area contributed by atoms with Crippen LogP contribution in [0.4, 0.5) is 14.6 Å². The molecule has 0 saturated heterocycles. The predicted octanol–water partition coefficient (Wildman–Crippen LogP) is 4.72. The molecule has 1 fully saturated rings. The first-order chi connectivity index (χ1) is 18.6. The van der Waals surface area contributed by atoms with Crippen LogP contribution >= 0.6 is 0 Å². The number of nitrogens with zero attached hydrogens (tertiary/aromatic N) is 1. The van der Waals surface area contributed by atoms with Crippen molar-refractivity contribution in [2.45, 2.75) is 64.0 Å². The molecular weight excluding hydrogens is 504 g/mol. The summed E-state index contributed by atoms with van der Waals surface area (Å²) in [5.74, 6) is -2.98. The summed E-state index contributed by atoms with van der Waals surface area (Å²) in [6, 6.07) is 12.1. The Kier molecular flexibility index (Phi) is 8.60. The van der Waals surface area contributed by atoms with Crippen LogP contribution in [0, 0.1) is 11.6 Å². The summed E-state index contributed by atoms with van der Waals surface area (Å²) in [6.07, 6.45) is 5.82. The fraction of sp³-hybridized carbons (Fsp3) is 0.367. The van der Waals surface area contributed by atoms with Gasteiger partial charge in [0.15, 0.2) is 5.78 Å². The number of aromatic nitrogens is 1. The molecule has 1 aliphatic rings. The number of ketones is 1. The van der Waals surface area contributed by atoms with E-state index in [9.17, 15) is 23.2 Å². The molecule has 0 radical (unpaired) electrons. The topological polar surface area (TPSA) is 103 Å². The number of hydrogen-bond acceptors (Lipinski definition) is 6. The molecule has 1 saturated carbocycles. The Balaban J connectivity index is 1.43. The first-order valence-corrected chi connectivity index (χ1v) is 13.1. The van der Waals surface area contributed by atoms with E-state index in [1.54, 1.807) is 12.1 Å². The third-order valence-electron chi connectivity index (χ3n) is 7.06. The number of anilines is 1. The molecule has 0 aliphatic heterocycles. The van der Waals surface area contributed by atoms with Gasteiger partial charge in [-0.2, -0.15) is 0 Å². The number of nitrogens with one attached hydrogen (secondary N) is 1. The fourth-order valence-electron chi connectivity index (χ4n) is 4.72. The zero-order valence-corrected chi connectivity index (χ0v) is 22.1. The van der Waals surface area contributed by atoms with Crippen molar-refractivity contribution >= 4 is 17.6 Å². The minimum absolute atomic E-state index is 0.000721. The minimum Gasteiger partial charge on any atom is -0.461 e. The number of ether oxygens (including phenoxy) is 1. The van der Waals surface area contributed by atoms with E-state index >= 15 is 0 Å². The third kappa shape index (κ3) is 6.60. The maximum Gasteiger partial charge on any atom is 0.326 e. The van der Waals surface area contributed by atoms with Crippen LogP contribution in [0.15, 0.2) is 59.4 Å². The molecule has 39 heavy (non-hydrogen) atoms. The van der Waals surface area contributed by atoms with Crippen LogP contribution in [0.25, 0.3) is 5.69 Å². The highest BCUT2D eigenvalue weighted by Crippen LogP contribution is 2.23. The Morgan fingerprint density at radius 3 is 2.33 bits per heavy atom. The van der Waals surface area contributed by atoms with E-state index in [1.807, 2.05) is 26.0 Å². The fourth-order valence-corrected chi connectivity index (χ4v) is 4.72. The third-order valence-corrected chi connectivity index (χ3v) is 7.06. The maximum absolute atomic E-state index is 14.2. The highest BCUT2D eigenvalue weighted by atomic mass is 19.1. The number of carbonyl (C=O) groups excluding carboxylic acids is 2. The molecule has 0 unspecified atom stereocenters. The molecule has 9 heteroatoms. The van der Waals surface area contributed by atoms with Crippen LogP contribution in [0.2, 0.25) is 0 Å². The lowest BCUT2D eigenvalue weighted by Crippen LogP contribution is -2.49. The summed E-state index contributed by atoms with van der Waals surface area (Å²) in [5.41, 5.74) is 5.87. The first kappa shape index (κ1) is 28.2. The van der Waals surface area contributed by atoms with Crippen LogP contribution < -0.4 is 16.6 Å². The lowest BCUT2D eigenvalue weighted by molar-refractivity contribution is -0.157. The second kappa shape index (κ2) is 11.9. The van der Waals surface area contributed by atoms with Gasteiger partial charge in [0.05, 0.1) is 16.8 Å². The van der Waals surface area contributed by atoms with Crippen molar-refractivity contribution in [1.82, 2.24) is 9.88 Å². The number of rotatable bonds is 9. The summed E-state index contributed by atoms with van der Waals surface area (Å²) < 4.78 is 34.3. The van der Waals surface area contributed by atoms with Crippen molar-refractivity contribution in [1.29, 1.82) is 0 Å². The van der Waals surface area contributed by atoms with E-state index in [0.29, 0.717) is 24.7 Å². The summed E-state index contributed by atoms with van der Waals surface area (Å²) in [4.78, 5) is 38.2. The van der Waals surface area contributed by atoms with E-state index in [2.05, 4.69) is 5.32 Å². The second-order valence-corrected chi connectivity index (χ2v) is 10.4. The molecule has 1 aromatic heterocycles. The highest BCUT2D eigenvalue weighted by Gasteiger charge is 2.31. The van der Waals surface area contributed by atoms with Gasteiger partial charge < -0.3 is 15.8 Å². The van der Waals surface area contributed by atoms with Crippen molar-refractivity contribution in [2.24, 2.45) is 0 Å². The normalized spacial score (nSPS) is 14.3. The van der Waals surface area contributed by atoms with E-state index in [1.165, 1.54) is 23.1 Å². The van der Waals surface area contributed by atoms with Gasteiger partial charge in [-0.3, -0.25) is 19.0 Å². The van der Waals surface area contributed by atoms with Crippen LogP contribution in [0.5, 0.6) is 0 Å². The number of hydrogen-bond donors (Lipinski definition) is 2. The molecule has 3 aromatic rings. The van der Waals surface area contributed by atoms with Crippen molar-refractivity contribution in [3.63, 3.8) is 0 Å². The zero-order chi connectivity index (χ0) is 28.2. The minimum atomic E-state index is -1.01. The molecule has 7 nitrogen and oxygen atoms in total. The Bertz CT molecular complexity index is 1410. The van der Waals surface area contributed by atoms with Crippen LogP contribution in [-0.4, -0.2) is 34.5 Å². The van der Waals surface area contributed by atoms with Gasteiger partial charge in [0.25, 0.3) is 5.56 Å². The molecule has 2 aromatic carbocycles. The molecule has 3 N–H and O–H groups in total. The molecule has 4 rings (SSSR count). The van der Waals surface area contributed by atoms with Gasteiger partial charge in [0.1, 0.15) is 29.1 Å². The molecular formula is C30H33F2N3O4. The zero-order valence-electron chi connectivity index (χ0n) is 22.1.